The van der Waals surface area contributed by atoms with Crippen molar-refractivity contribution < 1.29 is 6.85 Å². The van der Waals surface area contributed by atoms with Crippen molar-refractivity contribution in [3.8, 4) is 44.5 Å². The lowest BCUT2D eigenvalue weighted by molar-refractivity contribution is 0.590. The molecular weight excluding hydrogens is 851 g/mol. The van der Waals surface area contributed by atoms with Crippen LogP contribution in [0.4, 0.5) is 34.1 Å². The highest BCUT2D eigenvalue weighted by molar-refractivity contribution is 9.10. The second-order valence-corrected chi connectivity index (χ2v) is 18.6. The van der Waals surface area contributed by atoms with Crippen LogP contribution in [0.3, 0.4) is 0 Å². The van der Waals surface area contributed by atoms with Crippen molar-refractivity contribution in [3.05, 3.63) is 221 Å². The minimum Gasteiger partial charge on any atom is -0.311 e. The van der Waals surface area contributed by atoms with Gasteiger partial charge in [0.25, 0.3) is 6.71 Å². The van der Waals surface area contributed by atoms with Gasteiger partial charge in [0.2, 0.25) is 0 Å². The van der Waals surface area contributed by atoms with E-state index in [1.54, 1.807) is 0 Å². The molecule has 0 saturated heterocycles. The summed E-state index contributed by atoms with van der Waals surface area (Å²) in [5.74, 6) is 0. The lowest BCUT2D eigenvalue weighted by atomic mass is 9.33. The highest BCUT2D eigenvalue weighted by Gasteiger charge is 2.44. The third-order valence-corrected chi connectivity index (χ3v) is 13.1. The first kappa shape index (κ1) is 34.0. The molecule has 0 unspecified atom stereocenters. The molecule has 5 heteroatoms. The number of anilines is 6. The summed E-state index contributed by atoms with van der Waals surface area (Å²) >= 11 is 10.9. The highest BCUT2D eigenvalue weighted by Crippen LogP contribution is 2.50. The van der Waals surface area contributed by atoms with Gasteiger partial charge in [-0.15, -0.1) is 0 Å². The SMILES string of the molecule is [2H]c1c([2H])c([2H])c(-c2cc(-c3ccccc3)cc(N3c4cc(Cl)ccc4B4c5cc(Br)ccc5N(c5ccc(-c6ccccc6)cc5-c5ccccc5)c5cc(C(C)(C)C)cc3c54)c2)c([2H])c1[2H]. The summed E-state index contributed by atoms with van der Waals surface area (Å²) < 4.78 is 45.0. The van der Waals surface area contributed by atoms with Gasteiger partial charge < -0.3 is 9.80 Å². The third kappa shape index (κ3) is 6.99. The number of halogens is 2. The molecule has 0 bridgehead atoms. The van der Waals surface area contributed by atoms with Crippen molar-refractivity contribution in [2.75, 3.05) is 9.80 Å². The Morgan fingerprint density at radius 2 is 1.08 bits per heavy atom. The van der Waals surface area contributed by atoms with Crippen LogP contribution in [0.25, 0.3) is 44.5 Å². The quantitative estimate of drug-likeness (QED) is 0.153. The normalized spacial score (nSPS) is 13.9. The van der Waals surface area contributed by atoms with E-state index in [1.165, 1.54) is 0 Å². The lowest BCUT2D eigenvalue weighted by Gasteiger charge is -2.45. The molecule has 63 heavy (non-hydrogen) atoms. The molecule has 2 nitrogen and oxygen atoms in total. The number of fused-ring (bicyclic) bond motifs is 4. The van der Waals surface area contributed by atoms with Crippen molar-refractivity contribution in [3.63, 3.8) is 0 Å². The van der Waals surface area contributed by atoms with Gasteiger partial charge in [0.15, 0.2) is 0 Å². The van der Waals surface area contributed by atoms with E-state index in [0.29, 0.717) is 10.6 Å². The van der Waals surface area contributed by atoms with Crippen LogP contribution >= 0.6 is 27.5 Å². The smallest absolute Gasteiger partial charge is 0.252 e. The summed E-state index contributed by atoms with van der Waals surface area (Å²) in [5, 5.41) is 0.576. The molecule has 11 rings (SSSR count). The van der Waals surface area contributed by atoms with Gasteiger partial charge in [0.05, 0.1) is 12.5 Å². The fourth-order valence-electron chi connectivity index (χ4n) is 9.38. The van der Waals surface area contributed by atoms with Crippen molar-refractivity contribution in [1.82, 2.24) is 0 Å². The molecule has 0 spiro atoms. The molecule has 0 N–H and O–H groups in total. The molecule has 302 valence electrons. The summed E-state index contributed by atoms with van der Waals surface area (Å²) in [5.41, 5.74) is 16.7. The molecule has 0 aromatic heterocycles. The fraction of sp³-hybridized carbons (Fsp3) is 0.0690. The molecule has 0 atom stereocenters. The molecule has 2 aliphatic rings. The predicted molar refractivity (Wildman–Crippen MR) is 274 cm³/mol. The Bertz CT molecular complexity index is 3460. The van der Waals surface area contributed by atoms with Crippen LogP contribution in [0.5, 0.6) is 0 Å². The van der Waals surface area contributed by atoms with Crippen LogP contribution in [0, 0.1) is 0 Å². The Kier molecular flexibility index (Phi) is 8.43. The molecule has 0 amide bonds. The van der Waals surface area contributed by atoms with E-state index in [1.807, 2.05) is 60.7 Å². The first-order valence-corrected chi connectivity index (χ1v) is 22.3. The third-order valence-electron chi connectivity index (χ3n) is 12.4. The van der Waals surface area contributed by atoms with Crippen LogP contribution in [0.15, 0.2) is 211 Å². The lowest BCUT2D eigenvalue weighted by Crippen LogP contribution is -2.61. The van der Waals surface area contributed by atoms with Crippen LogP contribution in [-0.2, 0) is 5.41 Å². The number of hydrogen-bond donors (Lipinski definition) is 0. The first-order chi connectivity index (χ1) is 32.8. The van der Waals surface area contributed by atoms with Gasteiger partial charge in [-0.2, -0.15) is 0 Å². The van der Waals surface area contributed by atoms with Crippen molar-refractivity contribution >= 4 is 84.8 Å². The second-order valence-electron chi connectivity index (χ2n) is 17.3. The molecule has 0 fully saturated rings. The first-order valence-electron chi connectivity index (χ1n) is 23.7. The molecule has 2 heterocycles. The Balaban J connectivity index is 1.25. The fourth-order valence-corrected chi connectivity index (χ4v) is 9.92. The zero-order chi connectivity index (χ0) is 47.2. The number of hydrogen-bond acceptors (Lipinski definition) is 2. The molecule has 0 radical (unpaired) electrons. The highest BCUT2D eigenvalue weighted by atomic mass is 79.9. The van der Waals surface area contributed by atoms with Gasteiger partial charge in [-0.1, -0.05) is 188 Å². The Labute approximate surface area is 391 Å². The second kappa shape index (κ2) is 15.6. The van der Waals surface area contributed by atoms with Crippen LogP contribution in [0.1, 0.15) is 33.2 Å². The van der Waals surface area contributed by atoms with E-state index in [4.69, 9.17) is 18.5 Å². The largest absolute Gasteiger partial charge is 0.311 e. The van der Waals surface area contributed by atoms with Gasteiger partial charge in [0, 0.05) is 43.5 Å². The standard InChI is InChI=1S/C58H43BBrClN2/c1-58(2,3)45-34-55-57-56(35-45)63(52-28-24-42(38-16-8-4-9-17-38)33-49(52)41-22-14-7-15-23-41)53-29-25-46(60)36-51(53)59(57)50-27-26-47(61)37-54(50)62(55)48-31-43(39-18-10-5-11-19-39)30-44(32-48)40-20-12-6-13-21-40/h4-37H,1-3H3/i5D,10D,11D,18D,19D. The summed E-state index contributed by atoms with van der Waals surface area (Å²) in [6, 6.07) is 59.6. The molecule has 0 aliphatic carbocycles. The summed E-state index contributed by atoms with van der Waals surface area (Å²) in [6.45, 7) is 6.52. The zero-order valence-electron chi connectivity index (χ0n) is 40.0. The van der Waals surface area contributed by atoms with Crippen LogP contribution < -0.4 is 26.2 Å². The van der Waals surface area contributed by atoms with E-state index in [-0.39, 0.29) is 41.9 Å². The van der Waals surface area contributed by atoms with Gasteiger partial charge in [-0.25, -0.2) is 0 Å². The Hall–Kier alpha value is -6.59. The topological polar surface area (TPSA) is 6.48 Å². The summed E-state index contributed by atoms with van der Waals surface area (Å²) in [6.07, 6.45) is 0. The number of benzene rings is 9. The maximum absolute atomic E-state index is 9.13. The van der Waals surface area contributed by atoms with Crippen molar-refractivity contribution in [2.45, 2.75) is 26.2 Å². The van der Waals surface area contributed by atoms with E-state index in [0.717, 1.165) is 93.9 Å². The summed E-state index contributed by atoms with van der Waals surface area (Å²) in [4.78, 5) is 4.72. The molecule has 9 aromatic carbocycles. The van der Waals surface area contributed by atoms with Gasteiger partial charge in [-0.3, -0.25) is 0 Å². The van der Waals surface area contributed by atoms with Gasteiger partial charge >= 0.3 is 0 Å². The van der Waals surface area contributed by atoms with Crippen molar-refractivity contribution in [1.29, 1.82) is 0 Å². The van der Waals surface area contributed by atoms with E-state index in [9.17, 15) is 0 Å². The molecular formula is C58H43BBrClN2. The van der Waals surface area contributed by atoms with Crippen molar-refractivity contribution in [2.24, 2.45) is 0 Å². The van der Waals surface area contributed by atoms with Crippen LogP contribution in [0.2, 0.25) is 5.02 Å². The molecule has 2 aliphatic heterocycles. The van der Waals surface area contributed by atoms with Gasteiger partial charge in [0.1, 0.15) is 0 Å². The molecule has 0 saturated carbocycles. The Morgan fingerprint density at radius 1 is 0.476 bits per heavy atom. The maximum atomic E-state index is 9.13. The predicted octanol–water partition coefficient (Wildman–Crippen LogP) is 15.2. The average Bonchev–Trinajstić information content (AvgIpc) is 3.35. The van der Waals surface area contributed by atoms with E-state index >= 15 is 0 Å². The monoisotopic (exact) mass is 897 g/mol. The molecule has 9 aromatic rings. The summed E-state index contributed by atoms with van der Waals surface area (Å²) in [7, 11) is 0. The van der Waals surface area contributed by atoms with Crippen LogP contribution in [-0.4, -0.2) is 6.71 Å². The van der Waals surface area contributed by atoms with E-state index < -0.39 is 6.04 Å². The maximum Gasteiger partial charge on any atom is 0.252 e. The average molecular weight is 899 g/mol. The Morgan fingerprint density at radius 3 is 1.75 bits per heavy atom. The minimum absolute atomic E-state index is 0.138. The zero-order valence-corrected chi connectivity index (χ0v) is 37.3. The van der Waals surface area contributed by atoms with Gasteiger partial charge in [-0.05, 0) is 133 Å². The number of nitrogens with zero attached hydrogens (tertiary/aromatic N) is 2. The number of rotatable bonds is 6. The van der Waals surface area contributed by atoms with E-state index in [2.05, 4.69) is 162 Å². The minimum atomic E-state index is -0.430.